The molecule has 0 aliphatic rings. The molecule has 0 spiro atoms. The van der Waals surface area contributed by atoms with E-state index in [2.05, 4.69) is 21.9 Å². The van der Waals surface area contributed by atoms with Gasteiger partial charge in [0.1, 0.15) is 5.82 Å². The lowest BCUT2D eigenvalue weighted by atomic mass is 10.2. The van der Waals surface area contributed by atoms with Crippen LogP contribution in [0.3, 0.4) is 0 Å². The number of rotatable bonds is 4. The first kappa shape index (κ1) is 17.7. The summed E-state index contributed by atoms with van der Waals surface area (Å²) in [6, 6.07) is 11.6. The summed E-state index contributed by atoms with van der Waals surface area (Å²) in [5.74, 6) is 4.69. The van der Waals surface area contributed by atoms with E-state index in [-0.39, 0.29) is 17.3 Å². The number of benzene rings is 2. The molecule has 1 amide bonds. The van der Waals surface area contributed by atoms with Gasteiger partial charge in [0, 0.05) is 18.2 Å². The zero-order chi connectivity index (χ0) is 17.6. The van der Waals surface area contributed by atoms with Crippen LogP contribution in [0.1, 0.15) is 12.5 Å². The number of sulfonamides is 1. The summed E-state index contributed by atoms with van der Waals surface area (Å²) < 4.78 is 39.3. The van der Waals surface area contributed by atoms with Crippen molar-refractivity contribution in [2.24, 2.45) is 0 Å². The smallest absolute Gasteiger partial charge is 0.241 e. The minimum Gasteiger partial charge on any atom is -0.326 e. The van der Waals surface area contributed by atoms with Crippen molar-refractivity contribution in [3.8, 4) is 11.8 Å². The lowest BCUT2D eigenvalue weighted by Gasteiger charge is -2.03. The zero-order valence-corrected chi connectivity index (χ0v) is 13.7. The number of carbonyl (C=O) groups excluding carboxylic acids is 1. The number of anilines is 1. The largest absolute Gasteiger partial charge is 0.326 e. The maximum atomic E-state index is 13.1. The van der Waals surface area contributed by atoms with Crippen LogP contribution < -0.4 is 10.0 Å². The van der Waals surface area contributed by atoms with Gasteiger partial charge in [0.2, 0.25) is 15.9 Å². The van der Waals surface area contributed by atoms with E-state index in [0.29, 0.717) is 11.3 Å². The van der Waals surface area contributed by atoms with Gasteiger partial charge in [-0.1, -0.05) is 17.9 Å². The fourth-order valence-corrected chi connectivity index (χ4v) is 2.79. The highest BCUT2D eigenvalue weighted by Crippen LogP contribution is 2.10. The molecule has 0 bridgehead atoms. The van der Waals surface area contributed by atoms with E-state index < -0.39 is 15.8 Å². The predicted molar refractivity (Wildman–Crippen MR) is 89.2 cm³/mol. The number of halogens is 1. The molecular weight excluding hydrogens is 331 g/mol. The monoisotopic (exact) mass is 346 g/mol. The van der Waals surface area contributed by atoms with Crippen molar-refractivity contribution in [3.63, 3.8) is 0 Å². The van der Waals surface area contributed by atoms with Gasteiger partial charge < -0.3 is 5.32 Å². The Morgan fingerprint density at radius 1 is 1.17 bits per heavy atom. The summed E-state index contributed by atoms with van der Waals surface area (Å²) in [6.45, 7) is 1.31. The summed E-state index contributed by atoms with van der Waals surface area (Å²) in [4.78, 5) is 10.8. The summed E-state index contributed by atoms with van der Waals surface area (Å²) in [5.41, 5.74) is 1.33. The van der Waals surface area contributed by atoms with E-state index >= 15 is 0 Å². The molecule has 0 unspecified atom stereocenters. The van der Waals surface area contributed by atoms with Gasteiger partial charge in [0.05, 0.1) is 11.4 Å². The molecule has 0 radical (unpaired) electrons. The van der Waals surface area contributed by atoms with Gasteiger partial charge in [0.25, 0.3) is 0 Å². The van der Waals surface area contributed by atoms with Crippen LogP contribution in [0.4, 0.5) is 10.1 Å². The molecule has 0 aliphatic heterocycles. The minimum absolute atomic E-state index is 0.105. The van der Waals surface area contributed by atoms with Crippen molar-refractivity contribution in [1.29, 1.82) is 0 Å². The molecule has 124 valence electrons. The van der Waals surface area contributed by atoms with E-state index in [1.54, 1.807) is 24.3 Å². The SMILES string of the molecule is CC(=O)Nc1ccc(C#CCNS(=O)(=O)c2cccc(F)c2)cc1. The number of carbonyl (C=O) groups is 1. The van der Waals surface area contributed by atoms with Gasteiger partial charge in [-0.25, -0.2) is 12.8 Å². The molecule has 24 heavy (non-hydrogen) atoms. The Kier molecular flexibility index (Phi) is 5.68. The van der Waals surface area contributed by atoms with E-state index in [1.807, 2.05) is 0 Å². The Morgan fingerprint density at radius 2 is 1.88 bits per heavy atom. The molecule has 5 nitrogen and oxygen atoms in total. The molecule has 0 saturated heterocycles. The zero-order valence-electron chi connectivity index (χ0n) is 12.8. The Labute approximate surface area is 139 Å². The van der Waals surface area contributed by atoms with Crippen LogP contribution >= 0.6 is 0 Å². The second-order valence-electron chi connectivity index (χ2n) is 4.84. The third-order valence-electron chi connectivity index (χ3n) is 2.89. The normalized spacial score (nSPS) is 10.6. The van der Waals surface area contributed by atoms with Crippen molar-refractivity contribution >= 4 is 21.6 Å². The molecule has 0 fully saturated rings. The highest BCUT2D eigenvalue weighted by molar-refractivity contribution is 7.89. The average molecular weight is 346 g/mol. The molecule has 2 aromatic rings. The first-order chi connectivity index (χ1) is 11.4. The molecular formula is C17H15FN2O3S. The molecule has 2 aromatic carbocycles. The second-order valence-corrected chi connectivity index (χ2v) is 6.61. The lowest BCUT2D eigenvalue weighted by Crippen LogP contribution is -2.24. The summed E-state index contributed by atoms with van der Waals surface area (Å²) in [5, 5.41) is 2.63. The molecule has 0 saturated carbocycles. The Balaban J connectivity index is 1.97. The van der Waals surface area contributed by atoms with Gasteiger partial charge >= 0.3 is 0 Å². The molecule has 7 heteroatoms. The van der Waals surface area contributed by atoms with Crippen molar-refractivity contribution < 1.29 is 17.6 Å². The number of hydrogen-bond donors (Lipinski definition) is 2. The Hall–Kier alpha value is -2.69. The van der Waals surface area contributed by atoms with E-state index in [1.165, 1.54) is 25.1 Å². The van der Waals surface area contributed by atoms with Gasteiger partial charge in [-0.2, -0.15) is 4.72 Å². The fourth-order valence-electron chi connectivity index (χ4n) is 1.83. The summed E-state index contributed by atoms with van der Waals surface area (Å²) in [7, 11) is -3.80. The van der Waals surface area contributed by atoms with E-state index in [9.17, 15) is 17.6 Å². The number of hydrogen-bond acceptors (Lipinski definition) is 3. The lowest BCUT2D eigenvalue weighted by molar-refractivity contribution is -0.114. The molecule has 0 heterocycles. The van der Waals surface area contributed by atoms with Crippen LogP contribution in [0.25, 0.3) is 0 Å². The number of amides is 1. The maximum absolute atomic E-state index is 13.1. The Morgan fingerprint density at radius 3 is 2.50 bits per heavy atom. The molecule has 0 aromatic heterocycles. The van der Waals surface area contributed by atoms with Crippen molar-refractivity contribution in [1.82, 2.24) is 4.72 Å². The van der Waals surface area contributed by atoms with Gasteiger partial charge in [-0.05, 0) is 42.5 Å². The maximum Gasteiger partial charge on any atom is 0.241 e. The highest BCUT2D eigenvalue weighted by Gasteiger charge is 2.12. The quantitative estimate of drug-likeness (QED) is 0.833. The van der Waals surface area contributed by atoms with Crippen molar-refractivity contribution in [2.45, 2.75) is 11.8 Å². The molecule has 2 rings (SSSR count). The summed E-state index contributed by atoms with van der Waals surface area (Å²) in [6.07, 6.45) is 0. The summed E-state index contributed by atoms with van der Waals surface area (Å²) >= 11 is 0. The van der Waals surface area contributed by atoms with Gasteiger partial charge in [-0.15, -0.1) is 0 Å². The van der Waals surface area contributed by atoms with Crippen molar-refractivity contribution in [2.75, 3.05) is 11.9 Å². The first-order valence-electron chi connectivity index (χ1n) is 6.98. The van der Waals surface area contributed by atoms with Crippen LogP contribution in [-0.2, 0) is 14.8 Å². The van der Waals surface area contributed by atoms with Gasteiger partial charge in [0.15, 0.2) is 0 Å². The van der Waals surface area contributed by atoms with Gasteiger partial charge in [-0.3, -0.25) is 4.79 Å². The molecule has 0 atom stereocenters. The standard InChI is InChI=1S/C17H15FN2O3S/c1-13(21)20-16-9-7-14(8-10-16)4-3-11-19-24(22,23)17-6-2-5-15(18)12-17/h2,5-10,12,19H,11H2,1H3,(H,20,21). The predicted octanol–water partition coefficient (Wildman–Crippen LogP) is 2.11. The second kappa shape index (κ2) is 7.73. The van der Waals surface area contributed by atoms with Crippen LogP contribution in [0.2, 0.25) is 0 Å². The van der Waals surface area contributed by atoms with E-state index in [4.69, 9.17) is 0 Å². The van der Waals surface area contributed by atoms with Crippen LogP contribution in [0.15, 0.2) is 53.4 Å². The van der Waals surface area contributed by atoms with Crippen LogP contribution in [0, 0.1) is 17.7 Å². The highest BCUT2D eigenvalue weighted by atomic mass is 32.2. The fraction of sp³-hybridized carbons (Fsp3) is 0.118. The van der Waals surface area contributed by atoms with Crippen LogP contribution in [-0.4, -0.2) is 20.9 Å². The third kappa shape index (κ3) is 5.19. The third-order valence-corrected chi connectivity index (χ3v) is 4.29. The number of nitrogens with one attached hydrogen (secondary N) is 2. The average Bonchev–Trinajstić information content (AvgIpc) is 2.52. The Bertz CT molecular complexity index is 897. The topological polar surface area (TPSA) is 75.3 Å². The van der Waals surface area contributed by atoms with Crippen LogP contribution in [0.5, 0.6) is 0 Å². The molecule has 2 N–H and O–H groups in total. The van der Waals surface area contributed by atoms with Crippen molar-refractivity contribution in [3.05, 3.63) is 59.9 Å². The van der Waals surface area contributed by atoms with E-state index in [0.717, 1.165) is 6.07 Å². The minimum atomic E-state index is -3.80. The first-order valence-corrected chi connectivity index (χ1v) is 8.47. The molecule has 0 aliphatic carbocycles.